The summed E-state index contributed by atoms with van der Waals surface area (Å²) in [6.07, 6.45) is 0. The molecule has 0 saturated heterocycles. The lowest BCUT2D eigenvalue weighted by Gasteiger charge is -2.19. The molecule has 26 heavy (non-hydrogen) atoms. The van der Waals surface area contributed by atoms with Crippen LogP contribution in [0.5, 0.6) is 0 Å². The molecular formula is C21H21ClN2OS. The largest absolute Gasteiger partial charge is 0.348 e. The number of carbonyl (C=O) groups excluding carboxylic acids is 1. The Morgan fingerprint density at radius 1 is 1.04 bits per heavy atom. The van der Waals surface area contributed by atoms with Crippen molar-refractivity contribution in [3.05, 3.63) is 93.1 Å². The summed E-state index contributed by atoms with van der Waals surface area (Å²) >= 11 is 7.71. The molecule has 0 fully saturated rings. The Morgan fingerprint density at radius 2 is 1.81 bits per heavy atom. The predicted octanol–water partition coefficient (Wildman–Crippen LogP) is 4.96. The Kier molecular flexibility index (Phi) is 6.45. The fraction of sp³-hybridized carbons (Fsp3) is 0.190. The van der Waals surface area contributed by atoms with E-state index in [9.17, 15) is 4.79 Å². The van der Waals surface area contributed by atoms with Crippen LogP contribution in [-0.4, -0.2) is 12.5 Å². The highest BCUT2D eigenvalue weighted by Crippen LogP contribution is 2.25. The average molecular weight is 385 g/mol. The summed E-state index contributed by atoms with van der Waals surface area (Å²) in [5, 5.41) is 9.12. The van der Waals surface area contributed by atoms with Crippen molar-refractivity contribution in [3.8, 4) is 0 Å². The van der Waals surface area contributed by atoms with Crippen molar-refractivity contribution in [2.24, 2.45) is 0 Å². The zero-order valence-corrected chi connectivity index (χ0v) is 16.1. The van der Waals surface area contributed by atoms with Crippen LogP contribution in [0.4, 0.5) is 0 Å². The minimum absolute atomic E-state index is 0.00317. The third-order valence-electron chi connectivity index (χ3n) is 4.15. The monoisotopic (exact) mass is 384 g/mol. The molecule has 2 atom stereocenters. The van der Waals surface area contributed by atoms with Gasteiger partial charge in [-0.15, -0.1) is 11.3 Å². The molecule has 3 rings (SSSR count). The summed E-state index contributed by atoms with van der Waals surface area (Å²) in [4.78, 5) is 13.6. The van der Waals surface area contributed by atoms with Gasteiger partial charge in [0.15, 0.2) is 0 Å². The van der Waals surface area contributed by atoms with Crippen molar-refractivity contribution < 1.29 is 4.79 Å². The van der Waals surface area contributed by atoms with Gasteiger partial charge in [0, 0.05) is 9.90 Å². The molecule has 3 nitrogen and oxygen atoms in total. The van der Waals surface area contributed by atoms with Crippen molar-refractivity contribution in [3.63, 3.8) is 0 Å². The molecule has 0 radical (unpaired) electrons. The van der Waals surface area contributed by atoms with Gasteiger partial charge < -0.3 is 5.32 Å². The van der Waals surface area contributed by atoms with Crippen molar-refractivity contribution >= 4 is 28.8 Å². The first kappa shape index (κ1) is 18.6. The van der Waals surface area contributed by atoms with E-state index in [1.54, 1.807) is 11.3 Å². The molecule has 5 heteroatoms. The van der Waals surface area contributed by atoms with E-state index in [0.717, 1.165) is 11.1 Å². The Balaban J connectivity index is 1.63. The van der Waals surface area contributed by atoms with Crippen molar-refractivity contribution in [1.82, 2.24) is 10.6 Å². The molecule has 1 amide bonds. The summed E-state index contributed by atoms with van der Waals surface area (Å²) in [7, 11) is 0. The molecule has 0 bridgehead atoms. The van der Waals surface area contributed by atoms with E-state index in [-0.39, 0.29) is 24.5 Å². The third kappa shape index (κ3) is 4.94. The maximum atomic E-state index is 12.4. The zero-order valence-electron chi connectivity index (χ0n) is 14.5. The molecule has 0 aliphatic carbocycles. The molecular weight excluding hydrogens is 364 g/mol. The van der Waals surface area contributed by atoms with Crippen LogP contribution in [0.3, 0.4) is 0 Å². The van der Waals surface area contributed by atoms with E-state index in [1.807, 2.05) is 60.8 Å². The Bertz CT molecular complexity index is 836. The summed E-state index contributed by atoms with van der Waals surface area (Å²) in [5.41, 5.74) is 2.13. The van der Waals surface area contributed by atoms with Crippen LogP contribution in [0.1, 0.15) is 35.0 Å². The van der Waals surface area contributed by atoms with Gasteiger partial charge in [-0.3, -0.25) is 10.1 Å². The standard InChI is InChI=1S/C21H21ClN2OS/c1-15(17-9-5-10-18(22)13-17)24-20(25)14-23-21(19-11-6-12-26-19)16-7-3-2-4-8-16/h2-13,15,21,23H,14H2,1H3,(H,24,25)/t15-,21-/m1/s1. The molecule has 0 aliphatic heterocycles. The molecule has 1 heterocycles. The number of rotatable bonds is 7. The first-order valence-electron chi connectivity index (χ1n) is 8.50. The van der Waals surface area contributed by atoms with E-state index >= 15 is 0 Å². The van der Waals surface area contributed by atoms with Gasteiger partial charge in [0.1, 0.15) is 0 Å². The Hall–Kier alpha value is -2.14. The van der Waals surface area contributed by atoms with Gasteiger partial charge in [-0.25, -0.2) is 0 Å². The second-order valence-corrected chi connectivity index (χ2v) is 7.50. The van der Waals surface area contributed by atoms with Crippen LogP contribution >= 0.6 is 22.9 Å². The molecule has 0 spiro atoms. The lowest BCUT2D eigenvalue weighted by molar-refractivity contribution is -0.121. The van der Waals surface area contributed by atoms with Crippen LogP contribution in [0, 0.1) is 0 Å². The highest BCUT2D eigenvalue weighted by atomic mass is 35.5. The Labute approximate surface area is 163 Å². The van der Waals surface area contributed by atoms with E-state index in [1.165, 1.54) is 4.88 Å². The van der Waals surface area contributed by atoms with Gasteiger partial charge in [-0.05, 0) is 41.6 Å². The van der Waals surface area contributed by atoms with Crippen molar-refractivity contribution in [2.45, 2.75) is 19.0 Å². The minimum atomic E-state index is -0.0973. The SMILES string of the molecule is C[C@@H](NC(=O)CN[C@H](c1ccccc1)c1cccs1)c1cccc(Cl)c1. The summed E-state index contributed by atoms with van der Waals surface area (Å²) in [6, 6.07) is 21.7. The molecule has 2 N–H and O–H groups in total. The quantitative estimate of drug-likeness (QED) is 0.604. The summed E-state index contributed by atoms with van der Waals surface area (Å²) in [5.74, 6) is -0.0463. The maximum Gasteiger partial charge on any atom is 0.234 e. The highest BCUT2D eigenvalue weighted by Gasteiger charge is 2.17. The summed E-state index contributed by atoms with van der Waals surface area (Å²) in [6.45, 7) is 2.19. The van der Waals surface area contributed by atoms with Gasteiger partial charge in [0.05, 0.1) is 18.6 Å². The molecule has 0 aliphatic rings. The van der Waals surface area contributed by atoms with Gasteiger partial charge in [-0.1, -0.05) is 60.1 Å². The number of carbonyl (C=O) groups is 1. The van der Waals surface area contributed by atoms with Crippen molar-refractivity contribution in [2.75, 3.05) is 6.54 Å². The highest BCUT2D eigenvalue weighted by molar-refractivity contribution is 7.10. The molecule has 0 saturated carbocycles. The van der Waals surface area contributed by atoms with E-state index in [4.69, 9.17) is 11.6 Å². The summed E-state index contributed by atoms with van der Waals surface area (Å²) < 4.78 is 0. The zero-order chi connectivity index (χ0) is 18.4. The number of amides is 1. The van der Waals surface area contributed by atoms with Gasteiger partial charge in [-0.2, -0.15) is 0 Å². The number of hydrogen-bond donors (Lipinski definition) is 2. The first-order chi connectivity index (χ1) is 12.6. The van der Waals surface area contributed by atoms with Crippen LogP contribution in [-0.2, 0) is 4.79 Å². The van der Waals surface area contributed by atoms with E-state index in [2.05, 4.69) is 28.8 Å². The molecule has 1 aromatic heterocycles. The number of benzene rings is 2. The van der Waals surface area contributed by atoms with Crippen LogP contribution in [0.25, 0.3) is 0 Å². The number of hydrogen-bond acceptors (Lipinski definition) is 3. The van der Waals surface area contributed by atoms with Crippen LogP contribution < -0.4 is 10.6 Å². The lowest BCUT2D eigenvalue weighted by Crippen LogP contribution is -2.37. The number of halogens is 1. The lowest BCUT2D eigenvalue weighted by atomic mass is 10.1. The van der Waals surface area contributed by atoms with Gasteiger partial charge in [0.25, 0.3) is 0 Å². The van der Waals surface area contributed by atoms with Crippen LogP contribution in [0.15, 0.2) is 72.1 Å². The van der Waals surface area contributed by atoms with E-state index in [0.29, 0.717) is 5.02 Å². The fourth-order valence-corrected chi connectivity index (χ4v) is 3.86. The van der Waals surface area contributed by atoms with Crippen LogP contribution in [0.2, 0.25) is 5.02 Å². The van der Waals surface area contributed by atoms with E-state index < -0.39 is 0 Å². The molecule has 134 valence electrons. The normalized spacial score (nSPS) is 13.2. The predicted molar refractivity (Wildman–Crippen MR) is 109 cm³/mol. The topological polar surface area (TPSA) is 41.1 Å². The maximum absolute atomic E-state index is 12.4. The van der Waals surface area contributed by atoms with Crippen molar-refractivity contribution in [1.29, 1.82) is 0 Å². The fourth-order valence-electron chi connectivity index (χ4n) is 2.83. The Morgan fingerprint density at radius 3 is 2.50 bits per heavy atom. The second kappa shape index (κ2) is 8.99. The molecule has 3 aromatic rings. The molecule has 0 unspecified atom stereocenters. The smallest absolute Gasteiger partial charge is 0.234 e. The second-order valence-electron chi connectivity index (χ2n) is 6.08. The van der Waals surface area contributed by atoms with Gasteiger partial charge in [0.2, 0.25) is 5.91 Å². The third-order valence-corrected chi connectivity index (χ3v) is 5.33. The number of nitrogens with one attached hydrogen (secondary N) is 2. The minimum Gasteiger partial charge on any atom is -0.348 e. The molecule has 2 aromatic carbocycles. The first-order valence-corrected chi connectivity index (χ1v) is 9.76. The van der Waals surface area contributed by atoms with Gasteiger partial charge >= 0.3 is 0 Å². The average Bonchev–Trinajstić information content (AvgIpc) is 3.17. The number of thiophene rings is 1.